The lowest BCUT2D eigenvalue weighted by Gasteiger charge is -2.24. The van der Waals surface area contributed by atoms with Crippen molar-refractivity contribution in [2.24, 2.45) is 5.92 Å². The molecule has 0 spiro atoms. The van der Waals surface area contributed by atoms with Crippen LogP contribution in [0.15, 0.2) is 102 Å². The highest BCUT2D eigenvalue weighted by Crippen LogP contribution is 2.41. The van der Waals surface area contributed by atoms with Crippen LogP contribution in [0, 0.1) is 5.92 Å². The number of hydrogen-bond acceptors (Lipinski definition) is 4. The molecule has 0 atom stereocenters. The number of fused-ring (bicyclic) bond motifs is 3. The predicted octanol–water partition coefficient (Wildman–Crippen LogP) is 8.22. The Balaban J connectivity index is 1.30. The van der Waals surface area contributed by atoms with Gasteiger partial charge in [0.2, 0.25) is 5.91 Å². The molecule has 1 amide bonds. The molecule has 2 N–H and O–H groups in total. The molecule has 0 unspecified atom stereocenters. The number of aromatic nitrogens is 2. The first-order valence-electron chi connectivity index (χ1n) is 14.9. The molecule has 2 heterocycles. The number of benzene rings is 3. The summed E-state index contributed by atoms with van der Waals surface area (Å²) in [7, 11) is -3.49. The minimum Gasteiger partial charge on any atom is -0.339 e. The van der Waals surface area contributed by atoms with E-state index in [-0.39, 0.29) is 11.7 Å². The molecule has 2 aliphatic rings. The SMILES string of the molecule is O=C(CC1CCC1)Nc1ccc(-c2cnc3[nH]c4ccc(CS(=O)(=O)c5ccccc5)cc4c3c2C2=CC=CCC2)cc1. The Kier molecular flexibility index (Phi) is 7.19. The van der Waals surface area contributed by atoms with Crippen LogP contribution in [0.2, 0.25) is 0 Å². The molecule has 7 heteroatoms. The van der Waals surface area contributed by atoms with E-state index in [9.17, 15) is 13.2 Å². The Morgan fingerprint density at radius 2 is 1.81 bits per heavy atom. The van der Waals surface area contributed by atoms with Crippen LogP contribution in [0.5, 0.6) is 0 Å². The molecule has 5 aromatic rings. The molecular weight excluding hydrogens is 554 g/mol. The number of carbonyl (C=O) groups is 1. The second-order valence-electron chi connectivity index (χ2n) is 11.6. The number of sulfone groups is 1. The highest BCUT2D eigenvalue weighted by Gasteiger charge is 2.22. The molecular formula is C36H33N3O3S. The van der Waals surface area contributed by atoms with E-state index in [1.54, 1.807) is 24.3 Å². The second-order valence-corrected chi connectivity index (χ2v) is 13.6. The fourth-order valence-electron chi connectivity index (χ4n) is 6.19. The van der Waals surface area contributed by atoms with Gasteiger partial charge in [-0.05, 0) is 90.3 Å². The van der Waals surface area contributed by atoms with Crippen LogP contribution in [-0.2, 0) is 20.4 Å². The maximum Gasteiger partial charge on any atom is 0.224 e. The number of hydrogen-bond donors (Lipinski definition) is 2. The molecule has 2 aliphatic carbocycles. The van der Waals surface area contributed by atoms with Crippen LogP contribution in [-0.4, -0.2) is 24.3 Å². The summed E-state index contributed by atoms with van der Waals surface area (Å²) in [5.41, 5.74) is 7.54. The highest BCUT2D eigenvalue weighted by molar-refractivity contribution is 7.90. The van der Waals surface area contributed by atoms with E-state index in [4.69, 9.17) is 4.98 Å². The van der Waals surface area contributed by atoms with Crippen LogP contribution in [0.3, 0.4) is 0 Å². The third-order valence-corrected chi connectivity index (χ3v) is 10.4. The van der Waals surface area contributed by atoms with Crippen molar-refractivity contribution >= 4 is 48.9 Å². The van der Waals surface area contributed by atoms with Crippen molar-refractivity contribution in [2.45, 2.75) is 49.2 Å². The molecule has 0 radical (unpaired) electrons. The first-order valence-corrected chi connectivity index (χ1v) is 16.6. The third-order valence-electron chi connectivity index (χ3n) is 8.66. The van der Waals surface area contributed by atoms with E-state index in [0.29, 0.717) is 17.2 Å². The molecule has 1 saturated carbocycles. The Morgan fingerprint density at radius 1 is 1.00 bits per heavy atom. The van der Waals surface area contributed by atoms with Crippen LogP contribution in [0.4, 0.5) is 5.69 Å². The van der Waals surface area contributed by atoms with Crippen molar-refractivity contribution in [3.05, 3.63) is 108 Å². The number of pyridine rings is 1. The Labute approximate surface area is 251 Å². The second kappa shape index (κ2) is 11.3. The van der Waals surface area contributed by atoms with Gasteiger partial charge in [0.25, 0.3) is 0 Å². The summed E-state index contributed by atoms with van der Waals surface area (Å²) in [6.07, 6.45) is 14.3. The van der Waals surface area contributed by atoms with Gasteiger partial charge >= 0.3 is 0 Å². The van der Waals surface area contributed by atoms with E-state index in [2.05, 4.69) is 28.5 Å². The molecule has 0 saturated heterocycles. The fraction of sp³-hybridized carbons (Fsp3) is 0.222. The van der Waals surface area contributed by atoms with Crippen LogP contribution >= 0.6 is 0 Å². The van der Waals surface area contributed by atoms with Crippen molar-refractivity contribution < 1.29 is 13.2 Å². The largest absolute Gasteiger partial charge is 0.339 e. The lowest BCUT2D eigenvalue weighted by molar-refractivity contribution is -0.117. The first kappa shape index (κ1) is 27.3. The topological polar surface area (TPSA) is 91.9 Å². The minimum absolute atomic E-state index is 0.0734. The number of rotatable bonds is 8. The monoisotopic (exact) mass is 587 g/mol. The zero-order valence-electron chi connectivity index (χ0n) is 23.8. The van der Waals surface area contributed by atoms with Crippen molar-refractivity contribution in [2.75, 3.05) is 5.32 Å². The lowest BCUT2D eigenvalue weighted by atomic mass is 9.83. The number of anilines is 1. The molecule has 43 heavy (non-hydrogen) atoms. The molecule has 0 aliphatic heterocycles. The summed E-state index contributed by atoms with van der Waals surface area (Å²) in [5, 5.41) is 5.00. The van der Waals surface area contributed by atoms with Gasteiger partial charge in [0.1, 0.15) is 5.65 Å². The summed E-state index contributed by atoms with van der Waals surface area (Å²) in [6, 6.07) is 22.4. The number of H-pyrrole nitrogens is 1. The average molecular weight is 588 g/mol. The molecule has 6 nitrogen and oxygen atoms in total. The Morgan fingerprint density at radius 3 is 2.53 bits per heavy atom. The molecule has 0 bridgehead atoms. The van der Waals surface area contributed by atoms with Gasteiger partial charge in [0.15, 0.2) is 9.84 Å². The maximum absolute atomic E-state index is 13.2. The fourth-order valence-corrected chi connectivity index (χ4v) is 7.55. The Bertz CT molecular complexity index is 2000. The average Bonchev–Trinajstić information content (AvgIpc) is 3.38. The summed E-state index contributed by atoms with van der Waals surface area (Å²) >= 11 is 0. The Hall–Kier alpha value is -4.49. The molecule has 2 aromatic heterocycles. The molecule has 1 fully saturated rings. The summed E-state index contributed by atoms with van der Waals surface area (Å²) in [4.78, 5) is 21.1. The number of amides is 1. The first-order chi connectivity index (χ1) is 20.9. The quantitative estimate of drug-likeness (QED) is 0.191. The summed E-state index contributed by atoms with van der Waals surface area (Å²) < 4.78 is 26.4. The lowest BCUT2D eigenvalue weighted by Crippen LogP contribution is -2.20. The predicted molar refractivity (Wildman–Crippen MR) is 173 cm³/mol. The number of carbonyl (C=O) groups excluding carboxylic acids is 1. The van der Waals surface area contributed by atoms with Gasteiger partial charge in [-0.15, -0.1) is 0 Å². The number of aromatic amines is 1. The van der Waals surface area contributed by atoms with Gasteiger partial charge < -0.3 is 10.3 Å². The van der Waals surface area contributed by atoms with Gasteiger partial charge in [-0.1, -0.05) is 61.0 Å². The zero-order valence-corrected chi connectivity index (χ0v) is 24.7. The van der Waals surface area contributed by atoms with E-state index < -0.39 is 9.84 Å². The minimum atomic E-state index is -3.49. The smallest absolute Gasteiger partial charge is 0.224 e. The molecule has 3 aromatic carbocycles. The number of allylic oxidation sites excluding steroid dienone is 4. The van der Waals surface area contributed by atoms with Gasteiger partial charge in [-0.2, -0.15) is 0 Å². The maximum atomic E-state index is 13.2. The van der Waals surface area contributed by atoms with E-state index in [0.717, 1.165) is 75.6 Å². The molecule has 216 valence electrons. The van der Waals surface area contributed by atoms with E-state index in [1.165, 1.54) is 12.0 Å². The number of nitrogens with one attached hydrogen (secondary N) is 2. The van der Waals surface area contributed by atoms with Crippen LogP contribution in [0.1, 0.15) is 49.7 Å². The van der Waals surface area contributed by atoms with Crippen molar-refractivity contribution in [3.8, 4) is 11.1 Å². The van der Waals surface area contributed by atoms with Gasteiger partial charge in [-0.25, -0.2) is 13.4 Å². The van der Waals surface area contributed by atoms with Crippen LogP contribution in [0.25, 0.3) is 38.6 Å². The van der Waals surface area contributed by atoms with Crippen molar-refractivity contribution in [1.29, 1.82) is 0 Å². The van der Waals surface area contributed by atoms with Gasteiger partial charge in [0.05, 0.1) is 10.6 Å². The van der Waals surface area contributed by atoms with E-state index >= 15 is 0 Å². The third kappa shape index (κ3) is 5.53. The van der Waals surface area contributed by atoms with E-state index in [1.807, 2.05) is 54.7 Å². The normalized spacial score (nSPS) is 15.4. The highest BCUT2D eigenvalue weighted by atomic mass is 32.2. The summed E-state index contributed by atoms with van der Waals surface area (Å²) in [5.74, 6) is 0.512. The van der Waals surface area contributed by atoms with Crippen LogP contribution < -0.4 is 5.32 Å². The van der Waals surface area contributed by atoms with Crippen molar-refractivity contribution in [1.82, 2.24) is 9.97 Å². The zero-order chi connectivity index (χ0) is 29.4. The van der Waals surface area contributed by atoms with Crippen molar-refractivity contribution in [3.63, 3.8) is 0 Å². The van der Waals surface area contributed by atoms with Gasteiger partial charge in [-0.3, -0.25) is 4.79 Å². The standard InChI is InChI=1S/C36H33N3O3S/c40-33(21-24-8-7-9-24)38-28-17-15-26(16-18-28)31-22-37-36-35(34(31)27-10-3-1-4-11-27)30-20-25(14-19-32(30)39-36)23-43(41,42)29-12-5-2-6-13-29/h1-3,5-6,10,12-20,22,24H,4,7-9,11,21,23H2,(H,37,39)(H,38,40). The number of nitrogens with zero attached hydrogens (tertiary/aromatic N) is 1. The molecule has 7 rings (SSSR count). The summed E-state index contributed by atoms with van der Waals surface area (Å²) in [6.45, 7) is 0. The van der Waals surface area contributed by atoms with Gasteiger partial charge in [0, 0.05) is 40.2 Å².